The van der Waals surface area contributed by atoms with Crippen molar-refractivity contribution in [2.45, 2.75) is 37.4 Å². The first kappa shape index (κ1) is 15.8. The Bertz CT molecular complexity index is 674. The van der Waals surface area contributed by atoms with Crippen molar-refractivity contribution in [2.75, 3.05) is 18.1 Å². The van der Waals surface area contributed by atoms with Crippen molar-refractivity contribution in [1.82, 2.24) is 24.8 Å². The van der Waals surface area contributed by atoms with E-state index in [1.165, 1.54) is 22.9 Å². The average Bonchev–Trinajstić information content (AvgIpc) is 2.94. The summed E-state index contributed by atoms with van der Waals surface area (Å²) in [5.41, 5.74) is 0.797. The van der Waals surface area contributed by atoms with Crippen LogP contribution in [0.1, 0.15) is 26.2 Å². The molecule has 0 aliphatic carbocycles. The lowest BCUT2D eigenvalue weighted by atomic mass is 10.0. The number of nitrogen functional groups attached to an aromatic ring is 1. The smallest absolute Gasteiger partial charge is 0.233 e. The van der Waals surface area contributed by atoms with Crippen LogP contribution < -0.4 is 5.84 Å². The quantitative estimate of drug-likeness (QED) is 0.675. The number of aromatic nitrogens is 4. The molecule has 0 unspecified atom stereocenters. The van der Waals surface area contributed by atoms with E-state index >= 15 is 0 Å². The molecule has 122 valence electrons. The summed E-state index contributed by atoms with van der Waals surface area (Å²) in [6.07, 6.45) is 6.73. The lowest BCUT2D eigenvalue weighted by molar-refractivity contribution is -0.131. The Balaban J connectivity index is 1.65. The summed E-state index contributed by atoms with van der Waals surface area (Å²) >= 11 is 1.32. The van der Waals surface area contributed by atoms with Gasteiger partial charge < -0.3 is 10.7 Å². The molecule has 0 spiro atoms. The molecule has 3 heterocycles. The van der Waals surface area contributed by atoms with Crippen molar-refractivity contribution in [1.29, 1.82) is 0 Å². The van der Waals surface area contributed by atoms with E-state index in [-0.39, 0.29) is 5.91 Å². The third kappa shape index (κ3) is 3.47. The number of piperidine rings is 1. The van der Waals surface area contributed by atoms with Crippen molar-refractivity contribution in [3.63, 3.8) is 0 Å². The summed E-state index contributed by atoms with van der Waals surface area (Å²) in [6.45, 7) is 2.95. The van der Waals surface area contributed by atoms with Gasteiger partial charge in [0.15, 0.2) is 5.82 Å². The fraction of sp³-hybridized carbons (Fsp3) is 0.467. The Kier molecular flexibility index (Phi) is 4.80. The van der Waals surface area contributed by atoms with Gasteiger partial charge in [-0.1, -0.05) is 11.8 Å². The lowest BCUT2D eigenvalue weighted by Gasteiger charge is -2.33. The number of amides is 1. The molecule has 1 amide bonds. The first-order chi connectivity index (χ1) is 11.2. The minimum atomic E-state index is 0.133. The van der Waals surface area contributed by atoms with E-state index in [0.717, 1.165) is 24.9 Å². The number of nitrogens with two attached hydrogens (primary N) is 1. The predicted molar refractivity (Wildman–Crippen MR) is 89.2 cm³/mol. The number of pyridine rings is 1. The summed E-state index contributed by atoms with van der Waals surface area (Å²) < 4.78 is 1.41. The van der Waals surface area contributed by atoms with E-state index in [2.05, 4.69) is 22.1 Å². The summed E-state index contributed by atoms with van der Waals surface area (Å²) in [6, 6.07) is 4.01. The molecular weight excluding hydrogens is 312 g/mol. The highest BCUT2D eigenvalue weighted by molar-refractivity contribution is 7.99. The fourth-order valence-corrected chi connectivity index (χ4v) is 3.49. The number of likely N-dealkylation sites (tertiary alicyclic amines) is 1. The molecule has 2 N–H and O–H groups in total. The van der Waals surface area contributed by atoms with Crippen LogP contribution in [0, 0.1) is 0 Å². The maximum absolute atomic E-state index is 12.4. The van der Waals surface area contributed by atoms with Gasteiger partial charge in [-0.3, -0.25) is 9.78 Å². The summed E-state index contributed by atoms with van der Waals surface area (Å²) in [5, 5.41) is 8.70. The van der Waals surface area contributed by atoms with E-state index in [0.29, 0.717) is 22.8 Å². The van der Waals surface area contributed by atoms with Crippen molar-refractivity contribution >= 4 is 17.7 Å². The molecule has 1 aliphatic rings. The second-order valence-corrected chi connectivity index (χ2v) is 6.58. The van der Waals surface area contributed by atoms with E-state index < -0.39 is 0 Å². The molecule has 3 rings (SSSR count). The number of thioether (sulfide) groups is 1. The monoisotopic (exact) mass is 332 g/mol. The predicted octanol–water partition coefficient (Wildman–Crippen LogP) is 1.55. The normalized spacial score (nSPS) is 18.1. The van der Waals surface area contributed by atoms with Gasteiger partial charge in [0, 0.05) is 30.5 Å². The van der Waals surface area contributed by atoms with Crippen LogP contribution in [-0.2, 0) is 4.79 Å². The standard InChI is InChI=1S/C15H20N6OS/c1-11-5-2-3-8-20(11)13(22)10-23-15-19-18-14(21(15)16)12-6-4-7-17-9-12/h4,6-7,9,11H,2-3,5,8,10,16H2,1H3/t11-/m1/s1. The lowest BCUT2D eigenvalue weighted by Crippen LogP contribution is -2.43. The van der Waals surface area contributed by atoms with Crippen LogP contribution in [0.15, 0.2) is 29.7 Å². The molecule has 1 atom stereocenters. The van der Waals surface area contributed by atoms with Crippen molar-refractivity contribution in [3.8, 4) is 11.4 Å². The van der Waals surface area contributed by atoms with Crippen LogP contribution in [0.25, 0.3) is 11.4 Å². The fourth-order valence-electron chi connectivity index (χ4n) is 2.75. The number of carbonyl (C=O) groups is 1. The number of nitrogens with zero attached hydrogens (tertiary/aromatic N) is 5. The molecule has 23 heavy (non-hydrogen) atoms. The summed E-state index contributed by atoms with van der Waals surface area (Å²) in [5.74, 6) is 7.05. The maximum Gasteiger partial charge on any atom is 0.233 e. The molecule has 0 radical (unpaired) electrons. The molecule has 0 bridgehead atoms. The molecule has 1 saturated heterocycles. The third-order valence-corrected chi connectivity index (χ3v) is 4.96. The van der Waals surface area contributed by atoms with E-state index in [4.69, 9.17) is 5.84 Å². The van der Waals surface area contributed by atoms with E-state index in [1.807, 2.05) is 17.0 Å². The highest BCUT2D eigenvalue weighted by Gasteiger charge is 2.23. The van der Waals surface area contributed by atoms with Gasteiger partial charge in [-0.2, -0.15) is 0 Å². The van der Waals surface area contributed by atoms with Crippen molar-refractivity contribution in [3.05, 3.63) is 24.5 Å². The second kappa shape index (κ2) is 6.99. The van der Waals surface area contributed by atoms with Gasteiger partial charge in [-0.05, 0) is 38.3 Å². The van der Waals surface area contributed by atoms with Crippen LogP contribution in [0.2, 0.25) is 0 Å². The van der Waals surface area contributed by atoms with Crippen molar-refractivity contribution in [2.24, 2.45) is 0 Å². The Hall–Kier alpha value is -2.09. The molecule has 2 aromatic heterocycles. The minimum absolute atomic E-state index is 0.133. The van der Waals surface area contributed by atoms with Crippen LogP contribution >= 0.6 is 11.8 Å². The molecule has 1 aliphatic heterocycles. The molecule has 0 saturated carbocycles. The second-order valence-electron chi connectivity index (χ2n) is 5.64. The zero-order valence-corrected chi connectivity index (χ0v) is 13.9. The zero-order chi connectivity index (χ0) is 16.2. The number of rotatable bonds is 4. The first-order valence-electron chi connectivity index (χ1n) is 7.70. The maximum atomic E-state index is 12.4. The highest BCUT2D eigenvalue weighted by Crippen LogP contribution is 2.23. The molecular formula is C15H20N6OS. The first-order valence-corrected chi connectivity index (χ1v) is 8.68. The van der Waals surface area contributed by atoms with Gasteiger partial charge >= 0.3 is 0 Å². The molecule has 8 heteroatoms. The Morgan fingerprint density at radius 2 is 2.30 bits per heavy atom. The highest BCUT2D eigenvalue weighted by atomic mass is 32.2. The van der Waals surface area contributed by atoms with Crippen LogP contribution in [0.4, 0.5) is 0 Å². The molecule has 0 aromatic carbocycles. The van der Waals surface area contributed by atoms with Crippen LogP contribution in [0.3, 0.4) is 0 Å². The Morgan fingerprint density at radius 3 is 3.04 bits per heavy atom. The Morgan fingerprint density at radius 1 is 1.43 bits per heavy atom. The van der Waals surface area contributed by atoms with Gasteiger partial charge in [0.1, 0.15) is 0 Å². The van der Waals surface area contributed by atoms with Crippen LogP contribution in [-0.4, -0.2) is 49.0 Å². The number of hydrogen-bond donors (Lipinski definition) is 1. The van der Waals surface area contributed by atoms with E-state index in [1.54, 1.807) is 12.4 Å². The average molecular weight is 332 g/mol. The number of hydrogen-bond acceptors (Lipinski definition) is 6. The van der Waals surface area contributed by atoms with Gasteiger partial charge in [0.05, 0.1) is 5.75 Å². The summed E-state index contributed by atoms with van der Waals surface area (Å²) in [4.78, 5) is 18.4. The SMILES string of the molecule is C[C@@H]1CCCCN1C(=O)CSc1nnc(-c2cccnc2)n1N. The van der Waals surface area contributed by atoms with Crippen LogP contribution in [0.5, 0.6) is 0 Å². The topological polar surface area (TPSA) is 89.9 Å². The van der Waals surface area contributed by atoms with Gasteiger partial charge in [0.2, 0.25) is 11.1 Å². The van der Waals surface area contributed by atoms with E-state index in [9.17, 15) is 4.79 Å². The van der Waals surface area contributed by atoms with Crippen molar-refractivity contribution < 1.29 is 4.79 Å². The molecule has 1 fully saturated rings. The van der Waals surface area contributed by atoms with Gasteiger partial charge in [-0.25, -0.2) is 4.68 Å². The molecule has 7 nitrogen and oxygen atoms in total. The molecule has 2 aromatic rings. The summed E-state index contributed by atoms with van der Waals surface area (Å²) in [7, 11) is 0. The number of carbonyl (C=O) groups excluding carboxylic acids is 1. The van der Waals surface area contributed by atoms with Gasteiger partial charge in [0.25, 0.3) is 0 Å². The largest absolute Gasteiger partial charge is 0.339 e. The zero-order valence-electron chi connectivity index (χ0n) is 13.1. The third-order valence-electron chi connectivity index (χ3n) is 4.03. The Labute approximate surface area is 139 Å². The minimum Gasteiger partial charge on any atom is -0.339 e. The van der Waals surface area contributed by atoms with Gasteiger partial charge in [-0.15, -0.1) is 10.2 Å².